The maximum atomic E-state index is 13.8. The monoisotopic (exact) mass is 668 g/mol. The topological polar surface area (TPSA) is 104 Å². The normalized spacial score (nSPS) is 25.7. The molecule has 12 heteroatoms. The van der Waals surface area contributed by atoms with E-state index in [1.165, 1.54) is 13.8 Å². The molecule has 0 radical (unpaired) electrons. The molecule has 7 atom stereocenters. The number of hydrogen-bond donors (Lipinski definition) is 3. The molecule has 0 heterocycles. The van der Waals surface area contributed by atoms with E-state index in [9.17, 15) is 51.3 Å². The number of esters is 1. The van der Waals surface area contributed by atoms with Gasteiger partial charge in [0.05, 0.1) is 10.8 Å². The Morgan fingerprint density at radius 3 is 1.59 bits per heavy atom. The van der Waals surface area contributed by atoms with Crippen LogP contribution in [-0.2, 0) is 19.7 Å². The van der Waals surface area contributed by atoms with Gasteiger partial charge in [0.25, 0.3) is 0 Å². The number of benzene rings is 1. The third kappa shape index (κ3) is 8.57. The third-order valence-electron chi connectivity index (χ3n) is 10.3. The van der Waals surface area contributed by atoms with Crippen LogP contribution in [0.5, 0.6) is 0 Å². The number of carboxylic acids is 1. The zero-order chi connectivity index (χ0) is 35.9. The van der Waals surface area contributed by atoms with E-state index in [-0.39, 0.29) is 30.6 Å². The second-order valence-corrected chi connectivity index (χ2v) is 15.4. The number of carboxylic acid groups (broad SMARTS) is 1. The van der Waals surface area contributed by atoms with Crippen molar-refractivity contribution in [1.29, 1.82) is 0 Å². The standard InChI is InChI=1S/C34H50F6O6/c1-10-29(6,19-30(7,26(41)42)18-20(2)21-11-13-22(14-12-21)28(3,4)5)27(43)46-25-16-23(31(8,44)33(35,36)37)15-24(17-25)32(9,45)34(38,39)40/h11-14,20,23-25,44-45H,10,15-19H2,1-9H3,(H,41,42). The maximum Gasteiger partial charge on any atom is 0.417 e. The Morgan fingerprint density at radius 1 is 0.804 bits per heavy atom. The van der Waals surface area contributed by atoms with Crippen LogP contribution in [-0.4, -0.2) is 56.9 Å². The molecule has 1 aliphatic carbocycles. The molecule has 2 rings (SSSR count). The number of carbonyl (C=O) groups is 2. The molecule has 1 fully saturated rings. The van der Waals surface area contributed by atoms with Gasteiger partial charge in [-0.2, -0.15) is 26.3 Å². The lowest BCUT2D eigenvalue weighted by Gasteiger charge is -2.46. The molecule has 0 aliphatic heterocycles. The van der Waals surface area contributed by atoms with E-state index in [4.69, 9.17) is 4.74 Å². The zero-order valence-corrected chi connectivity index (χ0v) is 28.2. The van der Waals surface area contributed by atoms with E-state index in [0.717, 1.165) is 11.1 Å². The number of carbonyl (C=O) groups excluding carboxylic acids is 1. The van der Waals surface area contributed by atoms with Gasteiger partial charge in [0.2, 0.25) is 0 Å². The summed E-state index contributed by atoms with van der Waals surface area (Å²) in [5, 5.41) is 31.1. The average molecular weight is 669 g/mol. The SMILES string of the molecule is CCC(C)(CC(C)(CC(C)c1ccc(C(C)(C)C)cc1)C(=O)O)C(=O)OC1CC(C(C)(O)C(F)(F)F)CC(C(C)(O)C(F)(F)F)C1. The number of rotatable bonds is 11. The van der Waals surface area contributed by atoms with Gasteiger partial charge < -0.3 is 20.1 Å². The van der Waals surface area contributed by atoms with Gasteiger partial charge in [0.15, 0.2) is 11.2 Å². The molecule has 1 saturated carbocycles. The Balaban J connectivity index is 2.37. The van der Waals surface area contributed by atoms with Crippen molar-refractivity contribution in [3.8, 4) is 0 Å². The van der Waals surface area contributed by atoms with E-state index in [0.29, 0.717) is 13.8 Å². The predicted octanol–water partition coefficient (Wildman–Crippen LogP) is 8.33. The van der Waals surface area contributed by atoms with Crippen molar-refractivity contribution >= 4 is 11.9 Å². The van der Waals surface area contributed by atoms with E-state index in [1.807, 2.05) is 31.2 Å². The fourth-order valence-electron chi connectivity index (χ4n) is 6.58. The maximum absolute atomic E-state index is 13.8. The molecule has 0 aromatic heterocycles. The van der Waals surface area contributed by atoms with Gasteiger partial charge in [-0.15, -0.1) is 0 Å². The molecule has 264 valence electrons. The molecule has 1 aliphatic rings. The van der Waals surface area contributed by atoms with Crippen molar-refractivity contribution in [1.82, 2.24) is 0 Å². The lowest BCUT2D eigenvalue weighted by Crippen LogP contribution is -2.57. The van der Waals surface area contributed by atoms with Crippen LogP contribution in [0.15, 0.2) is 24.3 Å². The Hall–Kier alpha value is -2.34. The number of hydrogen-bond acceptors (Lipinski definition) is 5. The highest BCUT2D eigenvalue weighted by Crippen LogP contribution is 2.51. The first-order valence-electron chi connectivity index (χ1n) is 15.6. The van der Waals surface area contributed by atoms with Crippen LogP contribution in [0.3, 0.4) is 0 Å². The van der Waals surface area contributed by atoms with Crippen molar-refractivity contribution in [2.24, 2.45) is 22.7 Å². The molecule has 6 nitrogen and oxygen atoms in total. The van der Waals surface area contributed by atoms with Crippen molar-refractivity contribution < 1.29 is 56.0 Å². The van der Waals surface area contributed by atoms with E-state index < -0.39 is 83.5 Å². The minimum absolute atomic E-state index is 0.0729. The van der Waals surface area contributed by atoms with Crippen molar-refractivity contribution in [3.63, 3.8) is 0 Å². The molecule has 3 N–H and O–H groups in total. The molecule has 1 aromatic rings. The summed E-state index contributed by atoms with van der Waals surface area (Å²) in [5.74, 6) is -6.01. The van der Waals surface area contributed by atoms with E-state index in [2.05, 4.69) is 20.8 Å². The molecule has 0 spiro atoms. The highest BCUT2D eigenvalue weighted by Gasteiger charge is 2.62. The first-order valence-corrected chi connectivity index (χ1v) is 15.6. The van der Waals surface area contributed by atoms with Crippen LogP contribution in [0.25, 0.3) is 0 Å². The second-order valence-electron chi connectivity index (χ2n) is 15.4. The highest BCUT2D eigenvalue weighted by molar-refractivity contribution is 5.80. The second kappa shape index (κ2) is 13.3. The number of aliphatic hydroxyl groups is 2. The molecule has 0 amide bonds. The van der Waals surface area contributed by atoms with Gasteiger partial charge >= 0.3 is 24.3 Å². The largest absolute Gasteiger partial charge is 0.481 e. The minimum Gasteiger partial charge on any atom is -0.481 e. The van der Waals surface area contributed by atoms with Gasteiger partial charge in [-0.25, -0.2) is 0 Å². The smallest absolute Gasteiger partial charge is 0.417 e. The van der Waals surface area contributed by atoms with Gasteiger partial charge in [0.1, 0.15) is 6.10 Å². The number of ether oxygens (including phenoxy) is 1. The van der Waals surface area contributed by atoms with Crippen LogP contribution < -0.4 is 0 Å². The Kier molecular flexibility index (Phi) is 11.5. The number of alkyl halides is 6. The summed E-state index contributed by atoms with van der Waals surface area (Å²) in [4.78, 5) is 26.3. The summed E-state index contributed by atoms with van der Waals surface area (Å²) in [6.45, 7) is 13.6. The first kappa shape index (κ1) is 39.8. The summed E-state index contributed by atoms with van der Waals surface area (Å²) in [6, 6.07) is 7.83. The lowest BCUT2D eigenvalue weighted by atomic mass is 9.66. The van der Waals surface area contributed by atoms with Crippen molar-refractivity contribution in [3.05, 3.63) is 35.4 Å². The highest BCUT2D eigenvalue weighted by atomic mass is 19.4. The van der Waals surface area contributed by atoms with Crippen molar-refractivity contribution in [2.45, 2.75) is 142 Å². The van der Waals surface area contributed by atoms with Crippen LogP contribution in [0.2, 0.25) is 0 Å². The summed E-state index contributed by atoms with van der Waals surface area (Å²) in [7, 11) is 0. The van der Waals surface area contributed by atoms with E-state index in [1.54, 1.807) is 6.92 Å². The Bertz CT molecular complexity index is 1180. The van der Waals surface area contributed by atoms with Crippen LogP contribution in [0.1, 0.15) is 118 Å². The summed E-state index contributed by atoms with van der Waals surface area (Å²) in [5.41, 5.74) is -7.84. The summed E-state index contributed by atoms with van der Waals surface area (Å²) < 4.78 is 88.2. The predicted molar refractivity (Wildman–Crippen MR) is 161 cm³/mol. The number of aliphatic carboxylic acids is 1. The molecule has 0 saturated heterocycles. The van der Waals surface area contributed by atoms with Gasteiger partial charge in [-0.3, -0.25) is 9.59 Å². The first-order chi connectivity index (χ1) is 20.5. The summed E-state index contributed by atoms with van der Waals surface area (Å²) >= 11 is 0. The average Bonchev–Trinajstić information content (AvgIpc) is 2.90. The van der Waals surface area contributed by atoms with E-state index >= 15 is 0 Å². The fourth-order valence-corrected chi connectivity index (χ4v) is 6.58. The Morgan fingerprint density at radius 2 is 1.24 bits per heavy atom. The third-order valence-corrected chi connectivity index (χ3v) is 10.3. The summed E-state index contributed by atoms with van der Waals surface area (Å²) in [6.07, 6.45) is -13.9. The minimum atomic E-state index is -5.21. The zero-order valence-electron chi connectivity index (χ0n) is 28.2. The molecular weight excluding hydrogens is 618 g/mol. The fraction of sp³-hybridized carbons (Fsp3) is 0.765. The lowest BCUT2D eigenvalue weighted by molar-refractivity contribution is -0.299. The van der Waals surface area contributed by atoms with Crippen LogP contribution >= 0.6 is 0 Å². The Labute approximate surface area is 267 Å². The molecule has 46 heavy (non-hydrogen) atoms. The number of halogens is 6. The van der Waals surface area contributed by atoms with Gasteiger partial charge in [-0.05, 0) is 88.7 Å². The van der Waals surface area contributed by atoms with Crippen molar-refractivity contribution in [2.75, 3.05) is 0 Å². The molecule has 1 aromatic carbocycles. The van der Waals surface area contributed by atoms with Gasteiger partial charge in [-0.1, -0.05) is 58.9 Å². The van der Waals surface area contributed by atoms with Gasteiger partial charge in [0, 0.05) is 11.8 Å². The quantitative estimate of drug-likeness (QED) is 0.162. The molecule has 0 bridgehead atoms. The molecule has 7 unspecified atom stereocenters. The molecular formula is C34H50F6O6. The van der Waals surface area contributed by atoms with Crippen LogP contribution in [0.4, 0.5) is 26.3 Å². The van der Waals surface area contributed by atoms with Crippen LogP contribution in [0, 0.1) is 22.7 Å².